The van der Waals surface area contributed by atoms with E-state index in [9.17, 15) is 4.79 Å². The summed E-state index contributed by atoms with van der Waals surface area (Å²) in [5, 5.41) is 4.03. The van der Waals surface area contributed by atoms with Crippen molar-refractivity contribution in [3.05, 3.63) is 24.5 Å². The van der Waals surface area contributed by atoms with Gasteiger partial charge in [-0.05, 0) is 12.1 Å². The Bertz CT molecular complexity index is 299. The zero-order valence-corrected chi connectivity index (χ0v) is 7.18. The van der Waals surface area contributed by atoms with E-state index in [1.54, 1.807) is 17.3 Å². The van der Waals surface area contributed by atoms with Gasteiger partial charge in [-0.2, -0.15) is 0 Å². The Morgan fingerprint density at radius 1 is 1.31 bits per heavy atom. The Kier molecular flexibility index (Phi) is 2.23. The first-order valence-electron chi connectivity index (χ1n) is 4.21. The molecule has 0 spiro atoms. The summed E-state index contributed by atoms with van der Waals surface area (Å²) in [7, 11) is 0. The summed E-state index contributed by atoms with van der Waals surface area (Å²) in [5.74, 6) is 0.0671. The number of hydrogen-bond acceptors (Lipinski definition) is 2. The molecule has 0 aromatic carbocycles. The zero-order valence-electron chi connectivity index (χ0n) is 7.18. The van der Waals surface area contributed by atoms with Gasteiger partial charge in [0.1, 0.15) is 0 Å². The molecule has 1 fully saturated rings. The van der Waals surface area contributed by atoms with E-state index in [2.05, 4.69) is 10.3 Å². The molecule has 13 heavy (non-hydrogen) atoms. The molecule has 67 valence electrons. The number of hydrogen-bond donors (Lipinski definition) is 0. The fourth-order valence-corrected chi connectivity index (χ4v) is 1.35. The van der Waals surface area contributed by atoms with Crippen LogP contribution in [-0.2, 0) is 4.79 Å². The van der Waals surface area contributed by atoms with Crippen molar-refractivity contribution >= 4 is 11.6 Å². The van der Waals surface area contributed by atoms with Gasteiger partial charge in [-0.25, -0.2) is 5.32 Å². The monoisotopic (exact) mass is 176 g/mol. The smallest absolute Gasteiger partial charge is 0.242 e. The van der Waals surface area contributed by atoms with E-state index in [4.69, 9.17) is 0 Å². The van der Waals surface area contributed by atoms with E-state index in [0.717, 1.165) is 12.2 Å². The molecule has 1 radical (unpaired) electrons. The summed E-state index contributed by atoms with van der Waals surface area (Å²) < 4.78 is 0. The van der Waals surface area contributed by atoms with Gasteiger partial charge in [0.05, 0.1) is 6.54 Å². The van der Waals surface area contributed by atoms with Gasteiger partial charge in [-0.3, -0.25) is 9.78 Å². The normalized spacial score (nSPS) is 17.5. The SMILES string of the molecule is O=C1C[N]CCN1c1ccncc1. The molecule has 0 bridgehead atoms. The molecular formula is C9H10N3O. The van der Waals surface area contributed by atoms with Crippen molar-refractivity contribution < 1.29 is 4.79 Å². The van der Waals surface area contributed by atoms with Crippen molar-refractivity contribution in [2.24, 2.45) is 0 Å². The quantitative estimate of drug-likeness (QED) is 0.606. The van der Waals surface area contributed by atoms with Gasteiger partial charge in [-0.15, -0.1) is 0 Å². The molecule has 0 atom stereocenters. The topological polar surface area (TPSA) is 47.3 Å². The Balaban J connectivity index is 2.20. The van der Waals surface area contributed by atoms with Crippen LogP contribution in [0.25, 0.3) is 0 Å². The van der Waals surface area contributed by atoms with Crippen LogP contribution in [0.15, 0.2) is 24.5 Å². The first-order valence-corrected chi connectivity index (χ1v) is 4.21. The van der Waals surface area contributed by atoms with Crippen LogP contribution in [0.2, 0.25) is 0 Å². The van der Waals surface area contributed by atoms with Crippen molar-refractivity contribution in [3.63, 3.8) is 0 Å². The van der Waals surface area contributed by atoms with Crippen LogP contribution in [0.4, 0.5) is 5.69 Å². The van der Waals surface area contributed by atoms with Crippen LogP contribution >= 0.6 is 0 Å². The summed E-state index contributed by atoms with van der Waals surface area (Å²) in [6.07, 6.45) is 3.38. The van der Waals surface area contributed by atoms with Crippen LogP contribution in [-0.4, -0.2) is 30.5 Å². The highest BCUT2D eigenvalue weighted by molar-refractivity contribution is 5.95. The Morgan fingerprint density at radius 3 is 2.77 bits per heavy atom. The van der Waals surface area contributed by atoms with E-state index in [-0.39, 0.29) is 5.91 Å². The molecule has 1 aromatic heterocycles. The zero-order chi connectivity index (χ0) is 9.10. The Morgan fingerprint density at radius 2 is 2.08 bits per heavy atom. The largest absolute Gasteiger partial charge is 0.310 e. The van der Waals surface area contributed by atoms with Crippen LogP contribution < -0.4 is 10.2 Å². The highest BCUT2D eigenvalue weighted by Crippen LogP contribution is 2.12. The van der Waals surface area contributed by atoms with E-state index >= 15 is 0 Å². The fraction of sp³-hybridized carbons (Fsp3) is 0.333. The lowest BCUT2D eigenvalue weighted by Gasteiger charge is -2.26. The van der Waals surface area contributed by atoms with E-state index in [0.29, 0.717) is 13.1 Å². The van der Waals surface area contributed by atoms with Gasteiger partial charge in [0.2, 0.25) is 5.91 Å². The maximum atomic E-state index is 11.4. The molecule has 4 heteroatoms. The van der Waals surface area contributed by atoms with Crippen LogP contribution in [0.3, 0.4) is 0 Å². The van der Waals surface area contributed by atoms with E-state index < -0.39 is 0 Å². The van der Waals surface area contributed by atoms with Crippen LogP contribution in [0, 0.1) is 0 Å². The Labute approximate surface area is 76.6 Å². The lowest BCUT2D eigenvalue weighted by molar-refractivity contribution is -0.118. The summed E-state index contributed by atoms with van der Waals surface area (Å²) in [6, 6.07) is 3.67. The molecular weight excluding hydrogens is 166 g/mol. The van der Waals surface area contributed by atoms with Gasteiger partial charge in [0.15, 0.2) is 0 Å². The Hall–Kier alpha value is -1.42. The second-order valence-electron chi connectivity index (χ2n) is 2.86. The number of anilines is 1. The minimum Gasteiger partial charge on any atom is -0.310 e. The number of nitrogens with zero attached hydrogens (tertiary/aromatic N) is 3. The lowest BCUT2D eigenvalue weighted by atomic mass is 10.3. The molecule has 4 nitrogen and oxygen atoms in total. The third-order valence-corrected chi connectivity index (χ3v) is 2.00. The highest BCUT2D eigenvalue weighted by atomic mass is 16.2. The predicted octanol–water partition coefficient (Wildman–Crippen LogP) is 0.0326. The minimum atomic E-state index is 0.0671. The summed E-state index contributed by atoms with van der Waals surface area (Å²) in [5.41, 5.74) is 0.912. The van der Waals surface area contributed by atoms with Gasteiger partial charge >= 0.3 is 0 Å². The van der Waals surface area contributed by atoms with Crippen molar-refractivity contribution in [3.8, 4) is 0 Å². The maximum absolute atomic E-state index is 11.4. The summed E-state index contributed by atoms with van der Waals surface area (Å²) in [4.78, 5) is 17.1. The van der Waals surface area contributed by atoms with Crippen molar-refractivity contribution in [1.29, 1.82) is 0 Å². The van der Waals surface area contributed by atoms with Gasteiger partial charge in [0.25, 0.3) is 0 Å². The number of pyridine rings is 1. The third-order valence-electron chi connectivity index (χ3n) is 2.00. The first-order chi connectivity index (χ1) is 6.38. The number of carbonyl (C=O) groups excluding carboxylic acids is 1. The number of amides is 1. The second kappa shape index (κ2) is 3.53. The number of aromatic nitrogens is 1. The summed E-state index contributed by atoms with van der Waals surface area (Å²) >= 11 is 0. The molecule has 2 heterocycles. The molecule has 1 aromatic rings. The molecule has 1 aliphatic heterocycles. The number of carbonyl (C=O) groups is 1. The first kappa shape index (κ1) is 8.19. The molecule has 2 rings (SSSR count). The molecule has 1 aliphatic rings. The molecule has 0 N–H and O–H groups in total. The third kappa shape index (κ3) is 1.67. The minimum absolute atomic E-state index is 0.0671. The molecule has 1 saturated heterocycles. The van der Waals surface area contributed by atoms with Gasteiger partial charge in [0, 0.05) is 31.2 Å². The molecule has 1 amide bonds. The maximum Gasteiger partial charge on any atom is 0.242 e. The van der Waals surface area contributed by atoms with Crippen LogP contribution in [0.1, 0.15) is 0 Å². The number of piperazine rings is 1. The lowest BCUT2D eigenvalue weighted by Crippen LogP contribution is -2.45. The van der Waals surface area contributed by atoms with Gasteiger partial charge < -0.3 is 4.90 Å². The van der Waals surface area contributed by atoms with E-state index in [1.807, 2.05) is 12.1 Å². The molecule has 0 unspecified atom stereocenters. The van der Waals surface area contributed by atoms with Crippen molar-refractivity contribution in [2.75, 3.05) is 24.5 Å². The van der Waals surface area contributed by atoms with Crippen molar-refractivity contribution in [2.45, 2.75) is 0 Å². The standard InChI is InChI=1S/C9H10N3O/c13-9-7-11-5-6-12(9)8-1-3-10-4-2-8/h1-4H,5-7H2. The fourth-order valence-electron chi connectivity index (χ4n) is 1.35. The van der Waals surface area contributed by atoms with Gasteiger partial charge in [-0.1, -0.05) is 0 Å². The highest BCUT2D eigenvalue weighted by Gasteiger charge is 2.19. The van der Waals surface area contributed by atoms with Crippen molar-refractivity contribution in [1.82, 2.24) is 10.3 Å². The van der Waals surface area contributed by atoms with E-state index in [1.165, 1.54) is 0 Å². The van der Waals surface area contributed by atoms with Crippen LogP contribution in [0.5, 0.6) is 0 Å². The second-order valence-corrected chi connectivity index (χ2v) is 2.86. The molecule has 0 saturated carbocycles. The number of rotatable bonds is 1. The molecule has 0 aliphatic carbocycles. The average Bonchev–Trinajstić information content (AvgIpc) is 2.20. The predicted molar refractivity (Wildman–Crippen MR) is 48.5 cm³/mol. The summed E-state index contributed by atoms with van der Waals surface area (Å²) in [6.45, 7) is 1.72. The average molecular weight is 176 g/mol.